The first-order chi connectivity index (χ1) is 10.1. The van der Waals surface area contributed by atoms with Crippen molar-refractivity contribution in [3.05, 3.63) is 47.9 Å². The molecule has 2 N–H and O–H groups in total. The van der Waals surface area contributed by atoms with Crippen LogP contribution in [0, 0.1) is 6.92 Å². The topological polar surface area (TPSA) is 63.5 Å². The minimum Gasteiger partial charge on any atom is -0.492 e. The van der Waals surface area contributed by atoms with Gasteiger partial charge >= 0.3 is 0 Å². The Kier molecular flexibility index (Phi) is 5.40. The van der Waals surface area contributed by atoms with Gasteiger partial charge in [-0.3, -0.25) is 4.79 Å². The second-order valence-corrected chi connectivity index (χ2v) is 4.75. The van der Waals surface area contributed by atoms with Crippen LogP contribution in [-0.4, -0.2) is 19.1 Å². The summed E-state index contributed by atoms with van der Waals surface area (Å²) in [6.45, 7) is 5.35. The number of nitrogens with one attached hydrogen (secondary N) is 2. The fourth-order valence-corrected chi connectivity index (χ4v) is 1.90. The third kappa shape index (κ3) is 5.31. The van der Waals surface area contributed by atoms with Crippen molar-refractivity contribution >= 4 is 11.6 Å². The highest BCUT2D eigenvalue weighted by Gasteiger charge is 2.00. The Hall–Kier alpha value is -2.27. The van der Waals surface area contributed by atoms with Gasteiger partial charge < -0.3 is 19.8 Å². The van der Waals surface area contributed by atoms with Crippen LogP contribution in [0.5, 0.6) is 5.75 Å². The van der Waals surface area contributed by atoms with E-state index in [4.69, 9.17) is 9.15 Å². The fourth-order valence-electron chi connectivity index (χ4n) is 1.90. The molecule has 0 saturated carbocycles. The predicted octanol–water partition coefficient (Wildman–Crippen LogP) is 2.72. The van der Waals surface area contributed by atoms with Crippen LogP contribution >= 0.6 is 0 Å². The van der Waals surface area contributed by atoms with Gasteiger partial charge in [-0.1, -0.05) is 6.07 Å². The van der Waals surface area contributed by atoms with E-state index in [1.165, 1.54) is 6.92 Å². The van der Waals surface area contributed by atoms with Crippen molar-refractivity contribution in [1.29, 1.82) is 0 Å². The molecule has 0 unspecified atom stereocenters. The van der Waals surface area contributed by atoms with Crippen LogP contribution in [-0.2, 0) is 11.3 Å². The first-order valence-corrected chi connectivity index (χ1v) is 6.90. The lowest BCUT2D eigenvalue weighted by molar-refractivity contribution is -0.114. The third-order valence-corrected chi connectivity index (χ3v) is 2.80. The highest BCUT2D eigenvalue weighted by molar-refractivity contribution is 5.88. The summed E-state index contributed by atoms with van der Waals surface area (Å²) in [4.78, 5) is 11.0. The molecular formula is C16H20N2O3. The van der Waals surface area contributed by atoms with Gasteiger partial charge in [0.2, 0.25) is 5.91 Å². The highest BCUT2D eigenvalue weighted by atomic mass is 16.5. The summed E-state index contributed by atoms with van der Waals surface area (Å²) in [6.07, 6.45) is 0. The second kappa shape index (κ2) is 7.50. The van der Waals surface area contributed by atoms with Crippen molar-refractivity contribution in [3.63, 3.8) is 0 Å². The Morgan fingerprint density at radius 2 is 2.14 bits per heavy atom. The largest absolute Gasteiger partial charge is 0.492 e. The minimum absolute atomic E-state index is 0.0949. The fraction of sp³-hybridized carbons (Fsp3) is 0.312. The van der Waals surface area contributed by atoms with E-state index in [9.17, 15) is 4.79 Å². The third-order valence-electron chi connectivity index (χ3n) is 2.80. The number of ether oxygens (including phenoxy) is 1. The molecule has 112 valence electrons. The number of carbonyl (C=O) groups is 1. The average molecular weight is 288 g/mol. The van der Waals surface area contributed by atoms with E-state index in [-0.39, 0.29) is 5.91 Å². The van der Waals surface area contributed by atoms with Crippen molar-refractivity contribution in [2.24, 2.45) is 0 Å². The number of aryl methyl sites for hydroxylation is 1. The van der Waals surface area contributed by atoms with E-state index in [1.807, 2.05) is 37.3 Å². The molecule has 0 bridgehead atoms. The van der Waals surface area contributed by atoms with Gasteiger partial charge in [0.1, 0.15) is 23.9 Å². The second-order valence-electron chi connectivity index (χ2n) is 4.75. The van der Waals surface area contributed by atoms with E-state index >= 15 is 0 Å². The van der Waals surface area contributed by atoms with Crippen molar-refractivity contribution in [1.82, 2.24) is 5.32 Å². The Balaban J connectivity index is 1.69. The minimum atomic E-state index is -0.0949. The molecule has 2 rings (SSSR count). The van der Waals surface area contributed by atoms with Gasteiger partial charge in [0.15, 0.2) is 0 Å². The van der Waals surface area contributed by atoms with Gasteiger partial charge in [0, 0.05) is 25.2 Å². The number of carbonyl (C=O) groups excluding carboxylic acids is 1. The molecule has 2 aromatic rings. The number of hydrogen-bond donors (Lipinski definition) is 2. The van der Waals surface area contributed by atoms with Crippen LogP contribution in [0.15, 0.2) is 40.8 Å². The number of furan rings is 1. The van der Waals surface area contributed by atoms with Crippen molar-refractivity contribution < 1.29 is 13.9 Å². The number of benzene rings is 1. The number of anilines is 1. The highest BCUT2D eigenvalue weighted by Crippen LogP contribution is 2.17. The molecule has 0 spiro atoms. The molecule has 21 heavy (non-hydrogen) atoms. The zero-order valence-corrected chi connectivity index (χ0v) is 12.3. The van der Waals surface area contributed by atoms with Gasteiger partial charge in [-0.25, -0.2) is 0 Å². The summed E-state index contributed by atoms with van der Waals surface area (Å²) in [5.74, 6) is 2.47. The zero-order valence-electron chi connectivity index (χ0n) is 12.3. The number of hydrogen-bond acceptors (Lipinski definition) is 4. The molecule has 0 radical (unpaired) electrons. The molecule has 5 nitrogen and oxygen atoms in total. The molecule has 1 heterocycles. The summed E-state index contributed by atoms with van der Waals surface area (Å²) >= 11 is 0. The normalized spacial score (nSPS) is 10.4. The summed E-state index contributed by atoms with van der Waals surface area (Å²) in [6, 6.07) is 11.2. The molecule has 0 fully saturated rings. The first-order valence-electron chi connectivity index (χ1n) is 6.90. The zero-order chi connectivity index (χ0) is 15.1. The molecule has 0 saturated heterocycles. The lowest BCUT2D eigenvalue weighted by Crippen LogP contribution is -2.20. The summed E-state index contributed by atoms with van der Waals surface area (Å²) in [7, 11) is 0. The molecule has 0 aliphatic rings. The maximum Gasteiger partial charge on any atom is 0.221 e. The van der Waals surface area contributed by atoms with E-state index in [0.717, 1.165) is 23.0 Å². The van der Waals surface area contributed by atoms with Crippen LogP contribution in [0.3, 0.4) is 0 Å². The smallest absolute Gasteiger partial charge is 0.221 e. The summed E-state index contributed by atoms with van der Waals surface area (Å²) in [5.41, 5.74) is 0.735. The molecule has 0 aliphatic heterocycles. The van der Waals surface area contributed by atoms with E-state index in [0.29, 0.717) is 19.7 Å². The van der Waals surface area contributed by atoms with Gasteiger partial charge in [-0.2, -0.15) is 0 Å². The standard InChI is InChI=1S/C16H20N2O3/c1-12-6-7-16(21-12)11-17-8-9-20-15-5-3-4-14(10-15)18-13(2)19/h3-7,10,17H,8-9,11H2,1-2H3,(H,18,19). The van der Waals surface area contributed by atoms with Gasteiger partial charge in [0.25, 0.3) is 0 Å². The van der Waals surface area contributed by atoms with Gasteiger partial charge in [0.05, 0.1) is 6.54 Å². The van der Waals surface area contributed by atoms with Crippen molar-refractivity contribution in [2.75, 3.05) is 18.5 Å². The molecule has 5 heteroatoms. The van der Waals surface area contributed by atoms with Crippen molar-refractivity contribution in [2.45, 2.75) is 20.4 Å². The Morgan fingerprint density at radius 1 is 1.29 bits per heavy atom. The molecule has 0 aliphatic carbocycles. The quantitative estimate of drug-likeness (QED) is 0.769. The Morgan fingerprint density at radius 3 is 2.86 bits per heavy atom. The molecule has 1 aromatic heterocycles. The van der Waals surface area contributed by atoms with Crippen LogP contribution in [0.25, 0.3) is 0 Å². The van der Waals surface area contributed by atoms with Gasteiger partial charge in [-0.05, 0) is 31.2 Å². The lowest BCUT2D eigenvalue weighted by Gasteiger charge is -2.08. The average Bonchev–Trinajstić information content (AvgIpc) is 2.84. The molecule has 0 atom stereocenters. The monoisotopic (exact) mass is 288 g/mol. The van der Waals surface area contributed by atoms with Crippen LogP contribution in [0.4, 0.5) is 5.69 Å². The number of amides is 1. The molecule has 1 amide bonds. The summed E-state index contributed by atoms with van der Waals surface area (Å²) in [5, 5.41) is 5.97. The number of rotatable bonds is 7. The van der Waals surface area contributed by atoms with Crippen LogP contribution in [0.2, 0.25) is 0 Å². The SMILES string of the molecule is CC(=O)Nc1cccc(OCCNCc2ccc(C)o2)c1. The maximum absolute atomic E-state index is 11.0. The molecule has 1 aromatic carbocycles. The van der Waals surface area contributed by atoms with Crippen LogP contribution < -0.4 is 15.4 Å². The summed E-state index contributed by atoms with van der Waals surface area (Å²) < 4.78 is 11.1. The Labute approximate surface area is 124 Å². The predicted molar refractivity (Wildman–Crippen MR) is 81.4 cm³/mol. The van der Waals surface area contributed by atoms with Gasteiger partial charge in [-0.15, -0.1) is 0 Å². The molecular weight excluding hydrogens is 268 g/mol. The first kappa shape index (κ1) is 15.1. The maximum atomic E-state index is 11.0. The van der Waals surface area contributed by atoms with E-state index < -0.39 is 0 Å². The van der Waals surface area contributed by atoms with E-state index in [2.05, 4.69) is 10.6 Å². The van der Waals surface area contributed by atoms with Crippen molar-refractivity contribution in [3.8, 4) is 5.75 Å². The van der Waals surface area contributed by atoms with E-state index in [1.54, 1.807) is 6.07 Å². The Bertz CT molecular complexity index is 593. The lowest BCUT2D eigenvalue weighted by atomic mass is 10.3. The van der Waals surface area contributed by atoms with Crippen LogP contribution in [0.1, 0.15) is 18.4 Å².